The molecular formula is C14H9BrF5N. The predicted octanol–water partition coefficient (Wildman–Crippen LogP) is 5.36. The molecule has 0 bridgehead atoms. The van der Waals surface area contributed by atoms with E-state index in [4.69, 9.17) is 0 Å². The number of nitrogens with one attached hydrogen (secondary N) is 1. The lowest BCUT2D eigenvalue weighted by molar-refractivity contribution is -0.138. The lowest BCUT2D eigenvalue weighted by atomic mass is 10.1. The smallest absolute Gasteiger partial charge is 0.379 e. The number of halogens is 6. The zero-order valence-corrected chi connectivity index (χ0v) is 12.0. The minimum Gasteiger partial charge on any atom is -0.379 e. The van der Waals surface area contributed by atoms with Crippen molar-refractivity contribution in [1.82, 2.24) is 0 Å². The third-order valence-corrected chi connectivity index (χ3v) is 3.27. The average Bonchev–Trinajstić information content (AvgIpc) is 2.40. The molecule has 2 rings (SSSR count). The summed E-state index contributed by atoms with van der Waals surface area (Å²) in [5.74, 6) is -1.56. The number of alkyl halides is 3. The van der Waals surface area contributed by atoms with Crippen molar-refractivity contribution in [1.29, 1.82) is 0 Å². The van der Waals surface area contributed by atoms with E-state index in [0.29, 0.717) is 10.5 Å². The maximum atomic E-state index is 13.5. The summed E-state index contributed by atoms with van der Waals surface area (Å²) in [5, 5.41) is 2.57. The molecule has 2 aromatic rings. The standard InChI is InChI=1S/C14H9BrF5N/c15-9-2-4-12(17)13(5-9)21-7-8-1-3-10(16)6-11(8)14(18,19)20/h1-6,21H,7H2. The van der Waals surface area contributed by atoms with Gasteiger partial charge >= 0.3 is 6.18 Å². The van der Waals surface area contributed by atoms with Crippen LogP contribution in [0.25, 0.3) is 0 Å². The second-order valence-electron chi connectivity index (χ2n) is 4.28. The van der Waals surface area contributed by atoms with Crippen LogP contribution in [0.2, 0.25) is 0 Å². The highest BCUT2D eigenvalue weighted by atomic mass is 79.9. The Morgan fingerprint density at radius 1 is 1.00 bits per heavy atom. The molecule has 0 spiro atoms. The summed E-state index contributed by atoms with van der Waals surface area (Å²) < 4.78 is 65.5. The molecule has 0 atom stereocenters. The van der Waals surface area contributed by atoms with Gasteiger partial charge in [-0.25, -0.2) is 8.78 Å². The molecule has 0 fully saturated rings. The molecule has 0 aliphatic rings. The van der Waals surface area contributed by atoms with E-state index in [1.807, 2.05) is 0 Å². The second kappa shape index (κ2) is 6.01. The Labute approximate surface area is 125 Å². The molecule has 0 saturated heterocycles. The summed E-state index contributed by atoms with van der Waals surface area (Å²) in [4.78, 5) is 0. The summed E-state index contributed by atoms with van der Waals surface area (Å²) in [5.41, 5.74) is -1.18. The maximum absolute atomic E-state index is 13.5. The number of benzene rings is 2. The Balaban J connectivity index is 2.26. The largest absolute Gasteiger partial charge is 0.416 e. The van der Waals surface area contributed by atoms with Gasteiger partial charge in [-0.2, -0.15) is 13.2 Å². The molecule has 21 heavy (non-hydrogen) atoms. The van der Waals surface area contributed by atoms with Crippen molar-refractivity contribution in [3.05, 3.63) is 63.6 Å². The number of anilines is 1. The van der Waals surface area contributed by atoms with E-state index in [9.17, 15) is 22.0 Å². The van der Waals surface area contributed by atoms with E-state index >= 15 is 0 Å². The van der Waals surface area contributed by atoms with Gasteiger partial charge in [0.25, 0.3) is 0 Å². The first-order valence-electron chi connectivity index (χ1n) is 5.82. The van der Waals surface area contributed by atoms with Gasteiger partial charge in [0.05, 0.1) is 11.3 Å². The van der Waals surface area contributed by atoms with E-state index in [0.717, 1.165) is 12.1 Å². The van der Waals surface area contributed by atoms with Crippen LogP contribution in [-0.2, 0) is 12.7 Å². The van der Waals surface area contributed by atoms with Gasteiger partial charge in [0.2, 0.25) is 0 Å². The summed E-state index contributed by atoms with van der Waals surface area (Å²) in [6.07, 6.45) is -4.67. The Hall–Kier alpha value is -1.63. The van der Waals surface area contributed by atoms with Crippen LogP contribution >= 0.6 is 15.9 Å². The van der Waals surface area contributed by atoms with Gasteiger partial charge in [-0.3, -0.25) is 0 Å². The maximum Gasteiger partial charge on any atom is 0.416 e. The lowest BCUT2D eigenvalue weighted by Crippen LogP contribution is -2.12. The van der Waals surface area contributed by atoms with Crippen molar-refractivity contribution < 1.29 is 22.0 Å². The summed E-state index contributed by atoms with van der Waals surface area (Å²) in [6, 6.07) is 6.45. The normalized spacial score (nSPS) is 11.5. The van der Waals surface area contributed by atoms with Crippen LogP contribution in [0.1, 0.15) is 11.1 Å². The van der Waals surface area contributed by atoms with Crippen LogP contribution in [0.3, 0.4) is 0 Å². The predicted molar refractivity (Wildman–Crippen MR) is 72.8 cm³/mol. The monoisotopic (exact) mass is 365 g/mol. The fraction of sp³-hybridized carbons (Fsp3) is 0.143. The first kappa shape index (κ1) is 15.8. The van der Waals surface area contributed by atoms with Crippen LogP contribution in [0, 0.1) is 11.6 Å². The van der Waals surface area contributed by atoms with Crippen LogP contribution in [-0.4, -0.2) is 0 Å². The number of hydrogen-bond donors (Lipinski definition) is 1. The van der Waals surface area contributed by atoms with Crippen LogP contribution in [0.15, 0.2) is 40.9 Å². The molecule has 0 radical (unpaired) electrons. The summed E-state index contributed by atoms with van der Waals surface area (Å²) >= 11 is 3.14. The highest BCUT2D eigenvalue weighted by Crippen LogP contribution is 2.33. The number of hydrogen-bond acceptors (Lipinski definition) is 1. The molecule has 112 valence electrons. The van der Waals surface area contributed by atoms with Gasteiger partial charge in [0, 0.05) is 11.0 Å². The van der Waals surface area contributed by atoms with Crippen LogP contribution < -0.4 is 5.32 Å². The molecule has 0 amide bonds. The first-order chi connectivity index (χ1) is 9.77. The molecule has 0 unspecified atom stereocenters. The molecule has 7 heteroatoms. The highest BCUT2D eigenvalue weighted by molar-refractivity contribution is 9.10. The molecule has 2 aromatic carbocycles. The van der Waals surface area contributed by atoms with Crippen LogP contribution in [0.4, 0.5) is 27.6 Å². The van der Waals surface area contributed by atoms with E-state index < -0.39 is 23.4 Å². The fourth-order valence-electron chi connectivity index (χ4n) is 1.79. The Bertz CT molecular complexity index is 654. The molecular weight excluding hydrogens is 357 g/mol. The van der Waals surface area contributed by atoms with Gasteiger partial charge in [-0.15, -0.1) is 0 Å². The fourth-order valence-corrected chi connectivity index (χ4v) is 2.15. The van der Waals surface area contributed by atoms with E-state index in [1.54, 1.807) is 0 Å². The van der Waals surface area contributed by atoms with Crippen LogP contribution in [0.5, 0.6) is 0 Å². The highest BCUT2D eigenvalue weighted by Gasteiger charge is 2.33. The molecule has 1 nitrogen and oxygen atoms in total. The third-order valence-electron chi connectivity index (χ3n) is 2.78. The molecule has 1 N–H and O–H groups in total. The Morgan fingerprint density at radius 3 is 2.38 bits per heavy atom. The zero-order chi connectivity index (χ0) is 15.6. The Morgan fingerprint density at radius 2 is 1.71 bits per heavy atom. The molecule has 0 aliphatic heterocycles. The SMILES string of the molecule is Fc1ccc(CNc2cc(Br)ccc2F)c(C(F)(F)F)c1. The molecule has 0 heterocycles. The van der Waals surface area contributed by atoms with E-state index in [2.05, 4.69) is 21.2 Å². The van der Waals surface area contributed by atoms with E-state index in [1.165, 1.54) is 18.2 Å². The number of rotatable bonds is 3. The zero-order valence-electron chi connectivity index (χ0n) is 10.4. The van der Waals surface area contributed by atoms with Gasteiger partial charge in [-0.1, -0.05) is 22.0 Å². The van der Waals surface area contributed by atoms with Crippen molar-refractivity contribution in [2.75, 3.05) is 5.32 Å². The van der Waals surface area contributed by atoms with Gasteiger partial charge in [0.15, 0.2) is 0 Å². The second-order valence-corrected chi connectivity index (χ2v) is 5.19. The van der Waals surface area contributed by atoms with Gasteiger partial charge in [0.1, 0.15) is 11.6 Å². The third kappa shape index (κ3) is 3.93. The van der Waals surface area contributed by atoms with Gasteiger partial charge < -0.3 is 5.32 Å². The molecule has 0 aliphatic carbocycles. The first-order valence-corrected chi connectivity index (χ1v) is 6.61. The topological polar surface area (TPSA) is 12.0 Å². The van der Waals surface area contributed by atoms with Crippen molar-refractivity contribution in [3.63, 3.8) is 0 Å². The molecule has 0 aromatic heterocycles. The Kier molecular flexibility index (Phi) is 4.51. The van der Waals surface area contributed by atoms with Gasteiger partial charge in [-0.05, 0) is 35.9 Å². The minimum absolute atomic E-state index is 0.0572. The quantitative estimate of drug-likeness (QED) is 0.722. The minimum atomic E-state index is -4.67. The lowest BCUT2D eigenvalue weighted by Gasteiger charge is -2.14. The molecule has 0 saturated carbocycles. The van der Waals surface area contributed by atoms with Crippen molar-refractivity contribution in [2.45, 2.75) is 12.7 Å². The van der Waals surface area contributed by atoms with Crippen molar-refractivity contribution in [2.24, 2.45) is 0 Å². The van der Waals surface area contributed by atoms with E-state index in [-0.39, 0.29) is 17.8 Å². The summed E-state index contributed by atoms with van der Waals surface area (Å²) in [6.45, 7) is -0.275. The van der Waals surface area contributed by atoms with Crippen molar-refractivity contribution in [3.8, 4) is 0 Å². The summed E-state index contributed by atoms with van der Waals surface area (Å²) in [7, 11) is 0. The average molecular weight is 366 g/mol. The van der Waals surface area contributed by atoms with Crippen molar-refractivity contribution >= 4 is 21.6 Å².